The first kappa shape index (κ1) is 12.8. The van der Waals surface area contributed by atoms with Crippen LogP contribution in [0, 0.1) is 0 Å². The molecule has 0 spiro atoms. The third-order valence-corrected chi connectivity index (χ3v) is 2.94. The zero-order valence-electron chi connectivity index (χ0n) is 9.48. The summed E-state index contributed by atoms with van der Waals surface area (Å²) in [6, 6.07) is 7.10. The number of nitrogens with zero attached hydrogens (tertiary/aromatic N) is 1. The minimum absolute atomic E-state index is 0.164. The second-order valence-corrected chi connectivity index (χ2v) is 4.68. The summed E-state index contributed by atoms with van der Waals surface area (Å²) in [6.45, 7) is 0.360. The van der Waals surface area contributed by atoms with Crippen LogP contribution >= 0.6 is 15.9 Å². The lowest BCUT2D eigenvalue weighted by molar-refractivity contribution is 0.450. The Morgan fingerprint density at radius 1 is 1.44 bits per heavy atom. The van der Waals surface area contributed by atoms with E-state index in [1.807, 2.05) is 6.07 Å². The van der Waals surface area contributed by atoms with Crippen LogP contribution in [-0.2, 0) is 6.42 Å². The van der Waals surface area contributed by atoms with Gasteiger partial charge in [-0.15, -0.1) is 0 Å². The van der Waals surface area contributed by atoms with Crippen molar-refractivity contribution in [2.75, 3.05) is 6.54 Å². The number of H-pyrrole nitrogens is 1. The minimum Gasteiger partial charge on any atom is -0.493 e. The number of hydrogen-bond donors (Lipinski definition) is 3. The van der Waals surface area contributed by atoms with Crippen molar-refractivity contribution in [1.29, 1.82) is 0 Å². The molecule has 2 rings (SSSR count). The van der Waals surface area contributed by atoms with E-state index in [9.17, 15) is 9.90 Å². The zero-order valence-corrected chi connectivity index (χ0v) is 11.1. The average molecular weight is 310 g/mol. The van der Waals surface area contributed by atoms with Gasteiger partial charge in [0.2, 0.25) is 5.88 Å². The van der Waals surface area contributed by atoms with Gasteiger partial charge in [-0.2, -0.15) is 4.98 Å². The fourth-order valence-electron chi connectivity index (χ4n) is 1.67. The maximum absolute atomic E-state index is 11.9. The summed E-state index contributed by atoms with van der Waals surface area (Å²) in [4.78, 5) is 18.5. The highest BCUT2D eigenvalue weighted by atomic mass is 79.9. The maximum Gasteiger partial charge on any atom is 0.262 e. The number of aromatic amines is 1. The van der Waals surface area contributed by atoms with E-state index in [0.29, 0.717) is 24.4 Å². The molecule has 1 aromatic carbocycles. The van der Waals surface area contributed by atoms with E-state index in [1.54, 1.807) is 18.2 Å². The molecule has 0 amide bonds. The van der Waals surface area contributed by atoms with Crippen molar-refractivity contribution in [3.63, 3.8) is 0 Å². The Balaban J connectivity index is 2.55. The molecule has 0 aliphatic rings. The first-order valence-corrected chi connectivity index (χ1v) is 6.19. The molecule has 94 valence electrons. The van der Waals surface area contributed by atoms with Gasteiger partial charge in [0.05, 0.1) is 0 Å². The molecule has 0 saturated heterocycles. The summed E-state index contributed by atoms with van der Waals surface area (Å²) < 4.78 is 0.824. The molecule has 5 nitrogen and oxygen atoms in total. The van der Waals surface area contributed by atoms with Crippen LogP contribution in [0.4, 0.5) is 0 Å². The van der Waals surface area contributed by atoms with E-state index in [4.69, 9.17) is 5.73 Å². The van der Waals surface area contributed by atoms with Crippen molar-refractivity contribution in [2.45, 2.75) is 6.42 Å². The van der Waals surface area contributed by atoms with Gasteiger partial charge in [-0.05, 0) is 24.2 Å². The third kappa shape index (κ3) is 2.60. The van der Waals surface area contributed by atoms with Crippen molar-refractivity contribution in [1.82, 2.24) is 9.97 Å². The van der Waals surface area contributed by atoms with Crippen molar-refractivity contribution < 1.29 is 5.11 Å². The molecule has 0 radical (unpaired) electrons. The number of nitrogens with one attached hydrogen (secondary N) is 1. The van der Waals surface area contributed by atoms with Crippen molar-refractivity contribution in [3.8, 4) is 17.0 Å². The first-order chi connectivity index (χ1) is 8.61. The van der Waals surface area contributed by atoms with Crippen LogP contribution in [0.25, 0.3) is 11.1 Å². The van der Waals surface area contributed by atoms with Crippen molar-refractivity contribution >= 4 is 15.9 Å². The predicted octanol–water partition coefficient (Wildman–Crippen LogP) is 1.41. The molecule has 1 aromatic heterocycles. The Morgan fingerprint density at radius 2 is 2.22 bits per heavy atom. The lowest BCUT2D eigenvalue weighted by Gasteiger charge is -2.05. The molecule has 0 aliphatic carbocycles. The molecule has 2 aromatic rings. The van der Waals surface area contributed by atoms with Crippen LogP contribution in [0.2, 0.25) is 0 Å². The Kier molecular flexibility index (Phi) is 3.78. The molecular weight excluding hydrogens is 298 g/mol. The van der Waals surface area contributed by atoms with Crippen LogP contribution in [-0.4, -0.2) is 21.6 Å². The second kappa shape index (κ2) is 5.32. The van der Waals surface area contributed by atoms with Gasteiger partial charge in [0.15, 0.2) is 0 Å². The van der Waals surface area contributed by atoms with Gasteiger partial charge in [-0.25, -0.2) is 0 Å². The maximum atomic E-state index is 11.9. The fourth-order valence-corrected chi connectivity index (χ4v) is 2.07. The summed E-state index contributed by atoms with van der Waals surface area (Å²) >= 11 is 3.32. The molecule has 0 fully saturated rings. The van der Waals surface area contributed by atoms with Crippen LogP contribution in [0.3, 0.4) is 0 Å². The monoisotopic (exact) mass is 309 g/mol. The lowest BCUT2D eigenvalue weighted by atomic mass is 10.1. The molecule has 0 atom stereocenters. The minimum atomic E-state index is -0.371. The van der Waals surface area contributed by atoms with Gasteiger partial charge in [0.25, 0.3) is 5.56 Å². The average Bonchev–Trinajstić information content (AvgIpc) is 2.28. The molecule has 1 heterocycles. The van der Waals surface area contributed by atoms with Gasteiger partial charge in [0.1, 0.15) is 11.4 Å². The van der Waals surface area contributed by atoms with Crippen LogP contribution in [0.1, 0.15) is 5.82 Å². The number of aromatic nitrogens is 2. The molecular formula is C12H12BrN3O2. The topological polar surface area (TPSA) is 92.0 Å². The Bertz CT molecular complexity index is 625. The van der Waals surface area contributed by atoms with E-state index in [-0.39, 0.29) is 17.0 Å². The standard InChI is InChI=1S/C12H12BrN3O2/c13-8-3-1-2-7(6-8)10-11(17)15-9(4-5-14)16-12(10)18/h1-3,6H,4-5,14H2,(H2,15,16,17,18). The number of benzene rings is 1. The molecule has 18 heavy (non-hydrogen) atoms. The van der Waals surface area contributed by atoms with E-state index in [0.717, 1.165) is 4.47 Å². The fraction of sp³-hybridized carbons (Fsp3) is 0.167. The summed E-state index contributed by atoms with van der Waals surface area (Å²) in [7, 11) is 0. The predicted molar refractivity (Wildman–Crippen MR) is 72.4 cm³/mol. The normalized spacial score (nSPS) is 10.6. The van der Waals surface area contributed by atoms with Gasteiger partial charge in [-0.1, -0.05) is 28.1 Å². The van der Waals surface area contributed by atoms with Gasteiger partial charge >= 0.3 is 0 Å². The Morgan fingerprint density at radius 3 is 2.83 bits per heavy atom. The Hall–Kier alpha value is -1.66. The SMILES string of the molecule is NCCc1nc(O)c(-c2cccc(Br)c2)c(=O)[nH]1. The summed E-state index contributed by atoms with van der Waals surface area (Å²) in [5.41, 5.74) is 5.78. The summed E-state index contributed by atoms with van der Waals surface area (Å²) in [6.07, 6.45) is 0.418. The van der Waals surface area contributed by atoms with E-state index < -0.39 is 0 Å². The number of aromatic hydroxyl groups is 1. The van der Waals surface area contributed by atoms with Crippen molar-refractivity contribution in [3.05, 3.63) is 44.9 Å². The van der Waals surface area contributed by atoms with Gasteiger partial charge in [0, 0.05) is 10.9 Å². The van der Waals surface area contributed by atoms with Gasteiger partial charge < -0.3 is 15.8 Å². The summed E-state index contributed by atoms with van der Waals surface area (Å²) in [5.74, 6) is 0.110. The molecule has 6 heteroatoms. The molecule has 4 N–H and O–H groups in total. The molecule has 0 bridgehead atoms. The van der Waals surface area contributed by atoms with Crippen LogP contribution in [0.15, 0.2) is 33.5 Å². The zero-order chi connectivity index (χ0) is 13.1. The number of rotatable bonds is 3. The first-order valence-electron chi connectivity index (χ1n) is 5.40. The van der Waals surface area contributed by atoms with E-state index >= 15 is 0 Å². The highest BCUT2D eigenvalue weighted by Crippen LogP contribution is 2.25. The molecule has 0 aliphatic heterocycles. The highest BCUT2D eigenvalue weighted by molar-refractivity contribution is 9.10. The van der Waals surface area contributed by atoms with Gasteiger partial charge in [-0.3, -0.25) is 4.79 Å². The van der Waals surface area contributed by atoms with Crippen LogP contribution < -0.4 is 11.3 Å². The number of nitrogens with two attached hydrogens (primary N) is 1. The number of halogens is 1. The Labute approximate surface area is 112 Å². The van der Waals surface area contributed by atoms with E-state index in [2.05, 4.69) is 25.9 Å². The smallest absolute Gasteiger partial charge is 0.262 e. The lowest BCUT2D eigenvalue weighted by Crippen LogP contribution is -2.16. The van der Waals surface area contributed by atoms with E-state index in [1.165, 1.54) is 0 Å². The molecule has 0 unspecified atom stereocenters. The second-order valence-electron chi connectivity index (χ2n) is 3.76. The highest BCUT2D eigenvalue weighted by Gasteiger charge is 2.12. The van der Waals surface area contributed by atoms with Crippen LogP contribution in [0.5, 0.6) is 5.88 Å². The third-order valence-electron chi connectivity index (χ3n) is 2.44. The molecule has 0 saturated carbocycles. The summed E-state index contributed by atoms with van der Waals surface area (Å²) in [5, 5.41) is 9.86. The van der Waals surface area contributed by atoms with Crippen molar-refractivity contribution in [2.24, 2.45) is 5.73 Å². The largest absolute Gasteiger partial charge is 0.493 e. The number of hydrogen-bond acceptors (Lipinski definition) is 4. The quantitative estimate of drug-likeness (QED) is 0.799.